The summed E-state index contributed by atoms with van der Waals surface area (Å²) in [7, 11) is 0. The maximum absolute atomic E-state index is 2.41. The summed E-state index contributed by atoms with van der Waals surface area (Å²) in [6, 6.07) is 91.9. The average molecular weight is 791 g/mol. The monoisotopic (exact) mass is 790 g/mol. The Kier molecular flexibility index (Phi) is 9.57. The van der Waals surface area contributed by atoms with E-state index >= 15 is 0 Å². The van der Waals surface area contributed by atoms with E-state index in [0.29, 0.717) is 0 Å². The van der Waals surface area contributed by atoms with Gasteiger partial charge in [0.1, 0.15) is 0 Å². The van der Waals surface area contributed by atoms with E-state index in [1.807, 2.05) is 0 Å². The minimum absolute atomic E-state index is 1.09. The van der Waals surface area contributed by atoms with Gasteiger partial charge >= 0.3 is 0 Å². The Morgan fingerprint density at radius 1 is 0.258 bits per heavy atom. The predicted octanol–water partition coefficient (Wildman–Crippen LogP) is 16.6. The van der Waals surface area contributed by atoms with Crippen molar-refractivity contribution in [3.05, 3.63) is 255 Å². The molecular weight excluding hydrogens is 749 g/mol. The maximum Gasteiger partial charge on any atom is 0.0541 e. The highest BCUT2D eigenvalue weighted by molar-refractivity contribution is 6.09. The molecular formula is C60H42N2. The van der Waals surface area contributed by atoms with Crippen LogP contribution in [0.2, 0.25) is 0 Å². The summed E-state index contributed by atoms with van der Waals surface area (Å²) in [6.07, 6.45) is 0. The fourth-order valence-electron chi connectivity index (χ4n) is 9.01. The van der Waals surface area contributed by atoms with E-state index in [1.54, 1.807) is 0 Å². The molecule has 11 aromatic rings. The molecule has 0 spiro atoms. The van der Waals surface area contributed by atoms with Crippen molar-refractivity contribution in [1.82, 2.24) is 4.57 Å². The SMILES string of the molecule is c1ccc(-c2ccc(-c3ccccc3N(c3ccc(-c4ccc(-c5ccccc5-n5c6ccccc6c6ccccc65)cc4)cc3)c3cccc(-c4ccccc4)c3)cc2)cc1. The van der Waals surface area contributed by atoms with E-state index in [2.05, 4.69) is 264 Å². The summed E-state index contributed by atoms with van der Waals surface area (Å²) in [5.41, 5.74) is 18.7. The lowest BCUT2D eigenvalue weighted by Crippen LogP contribution is -2.11. The summed E-state index contributed by atoms with van der Waals surface area (Å²) >= 11 is 0. The average Bonchev–Trinajstić information content (AvgIpc) is 3.69. The van der Waals surface area contributed by atoms with E-state index in [0.717, 1.165) is 22.6 Å². The molecule has 2 heteroatoms. The van der Waals surface area contributed by atoms with Gasteiger partial charge in [-0.05, 0) is 93.0 Å². The molecule has 62 heavy (non-hydrogen) atoms. The lowest BCUT2D eigenvalue weighted by atomic mass is 9.97. The molecule has 0 saturated carbocycles. The Bertz CT molecular complexity index is 3260. The maximum atomic E-state index is 2.41. The first-order chi connectivity index (χ1) is 30.8. The Morgan fingerprint density at radius 3 is 1.29 bits per heavy atom. The molecule has 0 atom stereocenters. The first kappa shape index (κ1) is 36.8. The lowest BCUT2D eigenvalue weighted by Gasteiger charge is -2.28. The number of anilines is 3. The second kappa shape index (κ2) is 16.1. The van der Waals surface area contributed by atoms with Crippen LogP contribution >= 0.6 is 0 Å². The topological polar surface area (TPSA) is 8.17 Å². The fourth-order valence-corrected chi connectivity index (χ4v) is 9.01. The molecule has 0 aliphatic carbocycles. The molecule has 0 radical (unpaired) electrons. The second-order valence-corrected chi connectivity index (χ2v) is 15.7. The highest BCUT2D eigenvalue weighted by atomic mass is 15.1. The summed E-state index contributed by atoms with van der Waals surface area (Å²) in [5.74, 6) is 0. The van der Waals surface area contributed by atoms with Gasteiger partial charge in [-0.2, -0.15) is 0 Å². The van der Waals surface area contributed by atoms with Crippen LogP contribution in [0, 0.1) is 0 Å². The van der Waals surface area contributed by atoms with Crippen molar-refractivity contribution in [1.29, 1.82) is 0 Å². The lowest BCUT2D eigenvalue weighted by molar-refractivity contribution is 1.18. The van der Waals surface area contributed by atoms with Crippen molar-refractivity contribution in [2.75, 3.05) is 4.90 Å². The third kappa shape index (κ3) is 6.84. The zero-order chi connectivity index (χ0) is 41.2. The molecule has 0 aliphatic heterocycles. The minimum Gasteiger partial charge on any atom is -0.310 e. The van der Waals surface area contributed by atoms with Crippen molar-refractivity contribution >= 4 is 38.9 Å². The van der Waals surface area contributed by atoms with Crippen LogP contribution in [-0.4, -0.2) is 4.57 Å². The van der Waals surface area contributed by atoms with E-state index in [9.17, 15) is 0 Å². The molecule has 10 aromatic carbocycles. The third-order valence-corrected chi connectivity index (χ3v) is 12.0. The summed E-state index contributed by atoms with van der Waals surface area (Å²) in [5, 5.41) is 2.53. The zero-order valence-corrected chi connectivity index (χ0v) is 34.1. The molecule has 0 unspecified atom stereocenters. The molecule has 0 N–H and O–H groups in total. The Labute approximate surface area is 362 Å². The number of hydrogen-bond acceptors (Lipinski definition) is 1. The molecule has 292 valence electrons. The smallest absolute Gasteiger partial charge is 0.0541 e. The van der Waals surface area contributed by atoms with Gasteiger partial charge in [0.25, 0.3) is 0 Å². The number of nitrogens with zero attached hydrogens (tertiary/aromatic N) is 2. The van der Waals surface area contributed by atoms with E-state index in [-0.39, 0.29) is 0 Å². The predicted molar refractivity (Wildman–Crippen MR) is 263 cm³/mol. The van der Waals surface area contributed by atoms with Gasteiger partial charge < -0.3 is 9.47 Å². The number of benzene rings is 10. The Balaban J connectivity index is 0.959. The molecule has 2 nitrogen and oxygen atoms in total. The highest BCUT2D eigenvalue weighted by Gasteiger charge is 2.19. The number of hydrogen-bond donors (Lipinski definition) is 0. The van der Waals surface area contributed by atoms with Gasteiger partial charge in [0.05, 0.1) is 22.4 Å². The van der Waals surface area contributed by atoms with E-state index in [1.165, 1.54) is 77.6 Å². The minimum atomic E-state index is 1.09. The Morgan fingerprint density at radius 2 is 0.677 bits per heavy atom. The van der Waals surface area contributed by atoms with Gasteiger partial charge in [-0.15, -0.1) is 0 Å². The number of para-hydroxylation sites is 4. The van der Waals surface area contributed by atoms with Crippen LogP contribution in [0.15, 0.2) is 255 Å². The number of rotatable bonds is 9. The van der Waals surface area contributed by atoms with Crippen molar-refractivity contribution in [2.24, 2.45) is 0 Å². The van der Waals surface area contributed by atoms with Crippen LogP contribution in [0.4, 0.5) is 17.1 Å². The van der Waals surface area contributed by atoms with Crippen LogP contribution in [0.1, 0.15) is 0 Å². The van der Waals surface area contributed by atoms with Crippen molar-refractivity contribution in [3.63, 3.8) is 0 Å². The quantitative estimate of drug-likeness (QED) is 0.141. The normalized spacial score (nSPS) is 11.2. The highest BCUT2D eigenvalue weighted by Crippen LogP contribution is 2.43. The van der Waals surface area contributed by atoms with Crippen LogP contribution < -0.4 is 4.90 Å². The standard InChI is InChI=1S/C60H42N2/c1-3-16-43(17-4-1)45-30-34-48(35-31-45)53-22-7-11-26-57(53)61(52-21-15-20-50(42-52)44-18-5-2-6-19-44)51-40-38-47(39-41-51)46-32-36-49(37-33-46)54-23-8-12-27-58(54)62-59-28-13-9-24-55(59)56-25-10-14-29-60(56)62/h1-42H. The molecule has 1 heterocycles. The molecule has 0 bridgehead atoms. The number of fused-ring (bicyclic) bond motifs is 3. The second-order valence-electron chi connectivity index (χ2n) is 15.7. The van der Waals surface area contributed by atoms with E-state index < -0.39 is 0 Å². The van der Waals surface area contributed by atoms with Gasteiger partial charge in [0.15, 0.2) is 0 Å². The first-order valence-electron chi connectivity index (χ1n) is 21.3. The summed E-state index contributed by atoms with van der Waals surface area (Å²) in [4.78, 5) is 2.39. The molecule has 1 aromatic heterocycles. The first-order valence-corrected chi connectivity index (χ1v) is 21.3. The van der Waals surface area contributed by atoms with Crippen LogP contribution in [0.25, 0.3) is 83.1 Å². The van der Waals surface area contributed by atoms with Gasteiger partial charge in [-0.1, -0.05) is 206 Å². The van der Waals surface area contributed by atoms with Crippen molar-refractivity contribution in [2.45, 2.75) is 0 Å². The van der Waals surface area contributed by atoms with Crippen LogP contribution in [-0.2, 0) is 0 Å². The molecule has 0 saturated heterocycles. The van der Waals surface area contributed by atoms with Gasteiger partial charge in [0, 0.05) is 33.3 Å². The zero-order valence-electron chi connectivity index (χ0n) is 34.1. The molecule has 0 aliphatic rings. The third-order valence-electron chi connectivity index (χ3n) is 12.0. The van der Waals surface area contributed by atoms with Crippen LogP contribution in [0.3, 0.4) is 0 Å². The van der Waals surface area contributed by atoms with Crippen molar-refractivity contribution in [3.8, 4) is 61.3 Å². The van der Waals surface area contributed by atoms with Crippen molar-refractivity contribution < 1.29 is 0 Å². The van der Waals surface area contributed by atoms with Gasteiger partial charge in [-0.3, -0.25) is 0 Å². The Hall–Kier alpha value is -8.20. The molecule has 11 rings (SSSR count). The van der Waals surface area contributed by atoms with Gasteiger partial charge in [-0.25, -0.2) is 0 Å². The fraction of sp³-hybridized carbons (Fsp3) is 0. The molecule has 0 amide bonds. The van der Waals surface area contributed by atoms with Crippen LogP contribution in [0.5, 0.6) is 0 Å². The summed E-state index contributed by atoms with van der Waals surface area (Å²) in [6.45, 7) is 0. The summed E-state index contributed by atoms with van der Waals surface area (Å²) < 4.78 is 2.41. The number of aromatic nitrogens is 1. The van der Waals surface area contributed by atoms with E-state index in [4.69, 9.17) is 0 Å². The van der Waals surface area contributed by atoms with Gasteiger partial charge in [0.2, 0.25) is 0 Å². The largest absolute Gasteiger partial charge is 0.310 e. The molecule has 0 fully saturated rings.